The predicted octanol–water partition coefficient (Wildman–Crippen LogP) is 4.74. The molecule has 1 N–H and O–H groups in total. The number of anilines is 1. The maximum Gasteiger partial charge on any atom is 0.265 e. The fraction of sp³-hybridized carbons (Fsp3) is 0.389. The lowest BCUT2D eigenvalue weighted by Gasteiger charge is -2.16. The minimum atomic E-state index is 0.0222. The van der Waals surface area contributed by atoms with Crippen LogP contribution >= 0.6 is 11.3 Å². The molecule has 0 bridgehead atoms. The molecule has 2 aromatic rings. The summed E-state index contributed by atoms with van der Waals surface area (Å²) < 4.78 is 0. The lowest BCUT2D eigenvalue weighted by atomic mass is 9.90. The molecule has 21 heavy (non-hydrogen) atoms. The number of thiophene rings is 1. The highest BCUT2D eigenvalue weighted by Gasteiger charge is 2.20. The molecule has 110 valence electrons. The zero-order chi connectivity index (χ0) is 15.0. The van der Waals surface area contributed by atoms with Crippen LogP contribution in [0, 0.1) is 19.8 Å². The van der Waals surface area contributed by atoms with E-state index in [0.717, 1.165) is 34.9 Å². The quantitative estimate of drug-likeness (QED) is 0.852. The van der Waals surface area contributed by atoms with Gasteiger partial charge in [-0.15, -0.1) is 11.3 Å². The Hall–Kier alpha value is -1.61. The molecule has 1 amide bonds. The van der Waals surface area contributed by atoms with Crippen molar-refractivity contribution in [1.29, 1.82) is 0 Å². The van der Waals surface area contributed by atoms with Gasteiger partial charge in [-0.05, 0) is 62.3 Å². The number of nitrogens with one attached hydrogen (secondary N) is 1. The van der Waals surface area contributed by atoms with E-state index in [1.165, 1.54) is 22.4 Å². The molecule has 0 saturated carbocycles. The van der Waals surface area contributed by atoms with Gasteiger partial charge in [0.25, 0.3) is 5.91 Å². The van der Waals surface area contributed by atoms with Crippen LogP contribution in [0.3, 0.4) is 0 Å². The van der Waals surface area contributed by atoms with E-state index in [1.54, 1.807) is 11.3 Å². The summed E-state index contributed by atoms with van der Waals surface area (Å²) in [7, 11) is 0. The molecule has 0 saturated heterocycles. The molecule has 0 aliphatic heterocycles. The summed E-state index contributed by atoms with van der Waals surface area (Å²) in [5, 5.41) is 3.05. The van der Waals surface area contributed by atoms with E-state index in [0.29, 0.717) is 0 Å². The standard InChI is InChI=1S/C18H21NOS/c1-11-4-6-15(13(3)8-11)19-18(20)17-10-14-9-12(2)5-7-16(14)21-17/h4,6,8,10,12H,5,7,9H2,1-3H3,(H,19,20). The Labute approximate surface area is 130 Å². The lowest BCUT2D eigenvalue weighted by Crippen LogP contribution is -2.11. The summed E-state index contributed by atoms with van der Waals surface area (Å²) in [6, 6.07) is 8.20. The van der Waals surface area contributed by atoms with Crippen molar-refractivity contribution in [2.45, 2.75) is 40.0 Å². The first kappa shape index (κ1) is 14.3. The topological polar surface area (TPSA) is 29.1 Å². The van der Waals surface area contributed by atoms with E-state index in [-0.39, 0.29) is 5.91 Å². The number of rotatable bonds is 2. The van der Waals surface area contributed by atoms with Crippen LogP contribution in [0.2, 0.25) is 0 Å². The van der Waals surface area contributed by atoms with Crippen molar-refractivity contribution >= 4 is 22.9 Å². The minimum Gasteiger partial charge on any atom is -0.321 e. The number of hydrogen-bond acceptors (Lipinski definition) is 2. The largest absolute Gasteiger partial charge is 0.321 e. The molecule has 0 radical (unpaired) electrons. The summed E-state index contributed by atoms with van der Waals surface area (Å²) in [5.41, 5.74) is 4.61. The second kappa shape index (κ2) is 5.64. The average molecular weight is 299 g/mol. The van der Waals surface area contributed by atoms with Gasteiger partial charge in [0.1, 0.15) is 0 Å². The molecular formula is C18H21NOS. The van der Waals surface area contributed by atoms with Gasteiger partial charge in [-0.1, -0.05) is 24.6 Å². The van der Waals surface area contributed by atoms with Crippen LogP contribution in [-0.2, 0) is 12.8 Å². The first-order valence-corrected chi connectivity index (χ1v) is 8.35. The van der Waals surface area contributed by atoms with Crippen molar-refractivity contribution in [1.82, 2.24) is 0 Å². The highest BCUT2D eigenvalue weighted by atomic mass is 32.1. The molecule has 0 fully saturated rings. The first-order valence-electron chi connectivity index (χ1n) is 7.53. The van der Waals surface area contributed by atoms with Gasteiger partial charge in [-0.25, -0.2) is 0 Å². The van der Waals surface area contributed by atoms with Crippen LogP contribution in [-0.4, -0.2) is 5.91 Å². The van der Waals surface area contributed by atoms with Crippen LogP contribution in [0.5, 0.6) is 0 Å². The molecule has 3 rings (SSSR count). The molecule has 1 heterocycles. The third-order valence-corrected chi connectivity index (χ3v) is 5.42. The SMILES string of the molecule is Cc1ccc(NC(=O)c2cc3c(s2)CCC(C)C3)c(C)c1. The second-order valence-corrected chi connectivity index (χ2v) is 7.32. The van der Waals surface area contributed by atoms with E-state index in [2.05, 4.69) is 31.3 Å². The van der Waals surface area contributed by atoms with Gasteiger partial charge in [0.15, 0.2) is 0 Å². The smallest absolute Gasteiger partial charge is 0.265 e. The van der Waals surface area contributed by atoms with E-state index in [4.69, 9.17) is 0 Å². The highest BCUT2D eigenvalue weighted by molar-refractivity contribution is 7.14. The Morgan fingerprint density at radius 2 is 2.10 bits per heavy atom. The van der Waals surface area contributed by atoms with E-state index >= 15 is 0 Å². The normalized spacial score (nSPS) is 17.4. The second-order valence-electron chi connectivity index (χ2n) is 6.18. The molecule has 1 aliphatic carbocycles. The summed E-state index contributed by atoms with van der Waals surface area (Å²) >= 11 is 1.66. The third-order valence-electron chi connectivity index (χ3n) is 4.18. The molecule has 1 unspecified atom stereocenters. The zero-order valence-electron chi connectivity index (χ0n) is 12.8. The zero-order valence-corrected chi connectivity index (χ0v) is 13.6. The number of carbonyl (C=O) groups excluding carboxylic acids is 1. The third kappa shape index (κ3) is 3.03. The van der Waals surface area contributed by atoms with Crippen LogP contribution in [0.1, 0.15) is 44.6 Å². The van der Waals surface area contributed by atoms with Gasteiger partial charge in [0.05, 0.1) is 4.88 Å². The molecule has 3 heteroatoms. The number of amides is 1. The van der Waals surface area contributed by atoms with Crippen molar-refractivity contribution in [2.75, 3.05) is 5.32 Å². The van der Waals surface area contributed by atoms with E-state index in [9.17, 15) is 4.79 Å². The number of benzene rings is 1. The molecule has 2 nitrogen and oxygen atoms in total. The number of aryl methyl sites for hydroxylation is 3. The average Bonchev–Trinajstić information content (AvgIpc) is 2.85. The highest BCUT2D eigenvalue weighted by Crippen LogP contribution is 2.32. The Kier molecular flexibility index (Phi) is 3.85. The van der Waals surface area contributed by atoms with Crippen LogP contribution in [0.15, 0.2) is 24.3 Å². The van der Waals surface area contributed by atoms with Crippen molar-refractivity contribution in [3.05, 3.63) is 50.7 Å². The number of hydrogen-bond donors (Lipinski definition) is 1. The van der Waals surface area contributed by atoms with Crippen LogP contribution < -0.4 is 5.32 Å². The van der Waals surface area contributed by atoms with Crippen molar-refractivity contribution in [3.63, 3.8) is 0 Å². The maximum atomic E-state index is 12.4. The summed E-state index contributed by atoms with van der Waals surface area (Å²) in [5.74, 6) is 0.761. The Bertz CT molecular complexity index is 687. The molecule has 1 atom stereocenters. The number of carbonyl (C=O) groups is 1. The minimum absolute atomic E-state index is 0.0222. The van der Waals surface area contributed by atoms with Gasteiger partial charge in [-0.2, -0.15) is 0 Å². The van der Waals surface area contributed by atoms with Crippen LogP contribution in [0.4, 0.5) is 5.69 Å². The summed E-state index contributed by atoms with van der Waals surface area (Å²) in [6.45, 7) is 6.38. The first-order chi connectivity index (χ1) is 10.0. The summed E-state index contributed by atoms with van der Waals surface area (Å²) in [4.78, 5) is 14.7. The van der Waals surface area contributed by atoms with Gasteiger partial charge in [0, 0.05) is 10.6 Å². The van der Waals surface area contributed by atoms with E-state index < -0.39 is 0 Å². The maximum absolute atomic E-state index is 12.4. The Morgan fingerprint density at radius 1 is 1.29 bits per heavy atom. The Morgan fingerprint density at radius 3 is 2.86 bits per heavy atom. The lowest BCUT2D eigenvalue weighted by molar-refractivity contribution is 0.103. The van der Waals surface area contributed by atoms with Crippen molar-refractivity contribution in [3.8, 4) is 0 Å². The Balaban J connectivity index is 1.79. The van der Waals surface area contributed by atoms with Crippen molar-refractivity contribution < 1.29 is 4.79 Å². The van der Waals surface area contributed by atoms with Crippen molar-refractivity contribution in [2.24, 2.45) is 5.92 Å². The molecule has 1 aromatic carbocycles. The fourth-order valence-electron chi connectivity index (χ4n) is 2.96. The molecular weight excluding hydrogens is 278 g/mol. The van der Waals surface area contributed by atoms with Gasteiger partial charge >= 0.3 is 0 Å². The molecule has 0 spiro atoms. The summed E-state index contributed by atoms with van der Waals surface area (Å²) in [6.07, 6.45) is 3.48. The fourth-order valence-corrected chi connectivity index (χ4v) is 4.06. The van der Waals surface area contributed by atoms with E-state index in [1.807, 2.05) is 19.1 Å². The monoisotopic (exact) mass is 299 g/mol. The molecule has 1 aromatic heterocycles. The van der Waals surface area contributed by atoms with Crippen LogP contribution in [0.25, 0.3) is 0 Å². The molecule has 1 aliphatic rings. The van der Waals surface area contributed by atoms with Gasteiger partial charge in [0.2, 0.25) is 0 Å². The predicted molar refractivity (Wildman–Crippen MR) is 89.4 cm³/mol. The van der Waals surface area contributed by atoms with Gasteiger partial charge in [-0.3, -0.25) is 4.79 Å². The van der Waals surface area contributed by atoms with Gasteiger partial charge < -0.3 is 5.32 Å². The number of fused-ring (bicyclic) bond motifs is 1.